The SMILES string of the molecule is O=CC1=Nc2ccccc2CC1. The molecule has 2 nitrogen and oxygen atoms in total. The molecule has 0 saturated carbocycles. The van der Waals surface area contributed by atoms with E-state index in [1.165, 1.54) is 5.56 Å². The number of carbonyl (C=O) groups excluding carboxylic acids is 1. The molecular weight excluding hydrogens is 150 g/mol. The van der Waals surface area contributed by atoms with Crippen LogP contribution >= 0.6 is 0 Å². The highest BCUT2D eigenvalue weighted by Crippen LogP contribution is 2.24. The number of aryl methyl sites for hydroxylation is 1. The fourth-order valence-corrected chi connectivity index (χ4v) is 1.39. The van der Waals surface area contributed by atoms with E-state index in [1.807, 2.05) is 18.2 Å². The Bertz CT molecular complexity index is 341. The summed E-state index contributed by atoms with van der Waals surface area (Å²) in [4.78, 5) is 14.7. The van der Waals surface area contributed by atoms with Crippen molar-refractivity contribution in [1.29, 1.82) is 0 Å². The van der Waals surface area contributed by atoms with Gasteiger partial charge in [0.2, 0.25) is 0 Å². The lowest BCUT2D eigenvalue weighted by molar-refractivity contribution is -0.102. The Kier molecular flexibility index (Phi) is 1.74. The molecule has 12 heavy (non-hydrogen) atoms. The summed E-state index contributed by atoms with van der Waals surface area (Å²) in [5.74, 6) is 0. The number of rotatable bonds is 1. The van der Waals surface area contributed by atoms with Crippen molar-refractivity contribution in [1.82, 2.24) is 0 Å². The number of hydrogen-bond donors (Lipinski definition) is 0. The molecule has 1 aromatic carbocycles. The topological polar surface area (TPSA) is 29.4 Å². The van der Waals surface area contributed by atoms with E-state index in [-0.39, 0.29) is 0 Å². The second-order valence-electron chi connectivity index (χ2n) is 2.85. The van der Waals surface area contributed by atoms with Crippen molar-refractivity contribution in [3.8, 4) is 0 Å². The lowest BCUT2D eigenvalue weighted by atomic mass is 10.0. The average molecular weight is 159 g/mol. The highest BCUT2D eigenvalue weighted by Gasteiger charge is 2.09. The number of para-hydroxylation sites is 1. The van der Waals surface area contributed by atoms with E-state index in [4.69, 9.17) is 0 Å². The molecule has 1 aliphatic heterocycles. The maximum Gasteiger partial charge on any atom is 0.164 e. The summed E-state index contributed by atoms with van der Waals surface area (Å²) in [6.45, 7) is 0. The molecule has 2 rings (SSSR count). The first-order valence-corrected chi connectivity index (χ1v) is 4.01. The molecule has 0 radical (unpaired) electrons. The van der Waals surface area contributed by atoms with E-state index in [2.05, 4.69) is 11.1 Å². The summed E-state index contributed by atoms with van der Waals surface area (Å²) in [7, 11) is 0. The molecule has 0 aliphatic carbocycles. The molecule has 0 unspecified atom stereocenters. The van der Waals surface area contributed by atoms with Gasteiger partial charge in [-0.2, -0.15) is 0 Å². The second kappa shape index (κ2) is 2.89. The second-order valence-corrected chi connectivity index (χ2v) is 2.85. The Balaban J connectivity index is 2.47. The van der Waals surface area contributed by atoms with Crippen LogP contribution in [0, 0.1) is 0 Å². The maximum atomic E-state index is 10.4. The minimum absolute atomic E-state index is 0.661. The zero-order valence-electron chi connectivity index (χ0n) is 6.66. The molecule has 0 atom stereocenters. The first-order chi connectivity index (χ1) is 5.90. The lowest BCUT2D eigenvalue weighted by Gasteiger charge is -2.10. The predicted molar refractivity (Wildman–Crippen MR) is 47.9 cm³/mol. The minimum Gasteiger partial charge on any atom is -0.297 e. The number of aldehydes is 1. The van der Waals surface area contributed by atoms with Gasteiger partial charge in [0.1, 0.15) is 0 Å². The van der Waals surface area contributed by atoms with Crippen LogP contribution in [0.5, 0.6) is 0 Å². The van der Waals surface area contributed by atoms with Crippen LogP contribution in [0.4, 0.5) is 5.69 Å². The van der Waals surface area contributed by atoms with Crippen molar-refractivity contribution < 1.29 is 4.79 Å². The normalized spacial score (nSPS) is 14.8. The molecule has 2 heteroatoms. The molecule has 0 spiro atoms. The fourth-order valence-electron chi connectivity index (χ4n) is 1.39. The van der Waals surface area contributed by atoms with Gasteiger partial charge >= 0.3 is 0 Å². The lowest BCUT2D eigenvalue weighted by Crippen LogP contribution is -2.06. The van der Waals surface area contributed by atoms with Gasteiger partial charge in [0.25, 0.3) is 0 Å². The molecular formula is C10H9NO. The number of benzene rings is 1. The smallest absolute Gasteiger partial charge is 0.164 e. The van der Waals surface area contributed by atoms with Crippen molar-refractivity contribution in [2.24, 2.45) is 4.99 Å². The Labute approximate surface area is 70.9 Å². The Hall–Kier alpha value is -1.44. The van der Waals surface area contributed by atoms with Crippen molar-refractivity contribution in [2.75, 3.05) is 0 Å². The largest absolute Gasteiger partial charge is 0.297 e. The zero-order valence-corrected chi connectivity index (χ0v) is 6.66. The molecule has 1 aliphatic rings. The number of hydrogen-bond acceptors (Lipinski definition) is 2. The van der Waals surface area contributed by atoms with Crippen LogP contribution in [-0.2, 0) is 11.2 Å². The first kappa shape index (κ1) is 7.22. The van der Waals surface area contributed by atoms with E-state index >= 15 is 0 Å². The number of fused-ring (bicyclic) bond motifs is 1. The molecule has 60 valence electrons. The van der Waals surface area contributed by atoms with Gasteiger partial charge < -0.3 is 0 Å². The van der Waals surface area contributed by atoms with Crippen LogP contribution in [0.25, 0.3) is 0 Å². The highest BCUT2D eigenvalue weighted by molar-refractivity contribution is 6.29. The molecule has 0 amide bonds. The summed E-state index contributed by atoms with van der Waals surface area (Å²) < 4.78 is 0. The number of nitrogens with zero attached hydrogens (tertiary/aromatic N) is 1. The van der Waals surface area contributed by atoms with Gasteiger partial charge in [-0.1, -0.05) is 18.2 Å². The Morgan fingerprint density at radius 2 is 2.08 bits per heavy atom. The van der Waals surface area contributed by atoms with Crippen molar-refractivity contribution in [2.45, 2.75) is 12.8 Å². The molecule has 1 heterocycles. The minimum atomic E-state index is 0.661. The van der Waals surface area contributed by atoms with Crippen LogP contribution in [0.15, 0.2) is 29.3 Å². The number of aliphatic imine (C=N–C) groups is 1. The third-order valence-electron chi connectivity index (χ3n) is 2.04. The van der Waals surface area contributed by atoms with Crippen molar-refractivity contribution in [3.05, 3.63) is 29.8 Å². The van der Waals surface area contributed by atoms with Crippen LogP contribution < -0.4 is 0 Å². The highest BCUT2D eigenvalue weighted by atomic mass is 16.1. The van der Waals surface area contributed by atoms with E-state index in [1.54, 1.807) is 0 Å². The standard InChI is InChI=1S/C10H9NO/c12-7-9-6-5-8-3-1-2-4-10(8)11-9/h1-4,7H,5-6H2. The van der Waals surface area contributed by atoms with Crippen LogP contribution in [-0.4, -0.2) is 12.0 Å². The molecule has 0 bridgehead atoms. The number of carbonyl (C=O) groups is 1. The van der Waals surface area contributed by atoms with Gasteiger partial charge in [0.15, 0.2) is 6.29 Å². The van der Waals surface area contributed by atoms with Gasteiger partial charge in [-0.3, -0.25) is 4.79 Å². The maximum absolute atomic E-state index is 10.4. The molecule has 1 aromatic rings. The summed E-state index contributed by atoms with van der Waals surface area (Å²) in [5, 5.41) is 0. The van der Waals surface area contributed by atoms with Crippen molar-refractivity contribution >= 4 is 17.7 Å². The predicted octanol–water partition coefficient (Wildman–Crippen LogP) is 1.90. The summed E-state index contributed by atoms with van der Waals surface area (Å²) in [6, 6.07) is 7.94. The van der Waals surface area contributed by atoms with Crippen LogP contribution in [0.3, 0.4) is 0 Å². The Morgan fingerprint density at radius 1 is 1.25 bits per heavy atom. The van der Waals surface area contributed by atoms with Gasteiger partial charge in [-0.25, -0.2) is 4.99 Å². The van der Waals surface area contributed by atoms with Gasteiger partial charge in [0, 0.05) is 0 Å². The first-order valence-electron chi connectivity index (χ1n) is 4.01. The summed E-state index contributed by atoms with van der Waals surface area (Å²) in [6.07, 6.45) is 2.56. The molecule has 0 N–H and O–H groups in total. The third-order valence-corrected chi connectivity index (χ3v) is 2.04. The molecule has 0 aromatic heterocycles. The third kappa shape index (κ3) is 1.16. The quantitative estimate of drug-likeness (QED) is 0.575. The summed E-state index contributed by atoms with van der Waals surface area (Å²) in [5.41, 5.74) is 2.85. The summed E-state index contributed by atoms with van der Waals surface area (Å²) >= 11 is 0. The van der Waals surface area contributed by atoms with Crippen LogP contribution in [0.2, 0.25) is 0 Å². The average Bonchev–Trinajstić information content (AvgIpc) is 2.17. The van der Waals surface area contributed by atoms with E-state index in [0.717, 1.165) is 24.8 Å². The Morgan fingerprint density at radius 3 is 2.92 bits per heavy atom. The van der Waals surface area contributed by atoms with Gasteiger partial charge in [-0.15, -0.1) is 0 Å². The van der Waals surface area contributed by atoms with Gasteiger partial charge in [0.05, 0.1) is 11.4 Å². The van der Waals surface area contributed by atoms with Crippen molar-refractivity contribution in [3.63, 3.8) is 0 Å². The van der Waals surface area contributed by atoms with E-state index in [9.17, 15) is 4.79 Å². The zero-order chi connectivity index (χ0) is 8.39. The molecule has 0 saturated heterocycles. The van der Waals surface area contributed by atoms with Gasteiger partial charge in [-0.05, 0) is 24.5 Å². The van der Waals surface area contributed by atoms with Crippen LogP contribution in [0.1, 0.15) is 12.0 Å². The monoisotopic (exact) mass is 159 g/mol. The van der Waals surface area contributed by atoms with E-state index < -0.39 is 0 Å². The fraction of sp³-hybridized carbons (Fsp3) is 0.200. The van der Waals surface area contributed by atoms with E-state index in [0.29, 0.717) is 5.71 Å². The molecule has 0 fully saturated rings.